The molecule has 2 aromatic rings. The molecule has 1 N–H and O–H groups in total. The molecule has 0 bridgehead atoms. The Hall–Kier alpha value is -4.12. The highest BCUT2D eigenvalue weighted by Crippen LogP contribution is 2.36. The van der Waals surface area contributed by atoms with Crippen LogP contribution in [-0.2, 0) is 24.3 Å². The molecule has 1 aromatic carbocycles. The SMILES string of the molecule is CC#CCOc1ccc(S(=O)(=O)CC2(C(=O)NOC(=O)C(F)(F)F)CCN(C(=O)c3cccnc3)CC2)cc1. The molecular weight excluding hydrogens is 543 g/mol. The van der Waals surface area contributed by atoms with Crippen LogP contribution in [0.5, 0.6) is 5.75 Å². The number of rotatable bonds is 7. The lowest BCUT2D eigenvalue weighted by molar-refractivity contribution is -0.208. The van der Waals surface area contributed by atoms with Crippen LogP contribution in [0.1, 0.15) is 30.1 Å². The molecule has 1 aromatic heterocycles. The lowest BCUT2D eigenvalue weighted by Gasteiger charge is -2.40. The Labute approximate surface area is 222 Å². The number of hydroxylamine groups is 1. The maximum Gasteiger partial charge on any atom is 0.493 e. The van der Waals surface area contributed by atoms with Crippen LogP contribution in [-0.4, -0.2) is 67.7 Å². The molecule has 1 aliphatic heterocycles. The quantitative estimate of drug-likeness (QED) is 0.398. The molecule has 0 unspecified atom stereocenters. The maximum atomic E-state index is 13.3. The number of ether oxygens (including phenoxy) is 1. The minimum absolute atomic E-state index is 0.0882. The standard InChI is InChI=1S/C25H24F3N3O7S/c1-2-3-15-37-19-6-8-20(9-7-19)39(35,36)17-24(22(33)30-38-23(34)25(26,27)28)10-13-31(14-11-24)21(32)18-5-4-12-29-16-18/h4-9,12,16H,10-11,13-15,17H2,1H3,(H,30,33). The van der Waals surface area contributed by atoms with E-state index in [1.165, 1.54) is 53.1 Å². The van der Waals surface area contributed by atoms with Crippen molar-refractivity contribution in [3.63, 3.8) is 0 Å². The smallest absolute Gasteiger partial charge is 0.481 e. The minimum Gasteiger partial charge on any atom is -0.481 e. The van der Waals surface area contributed by atoms with E-state index in [1.54, 1.807) is 13.0 Å². The van der Waals surface area contributed by atoms with Crippen LogP contribution in [0.25, 0.3) is 0 Å². The van der Waals surface area contributed by atoms with Crippen molar-refractivity contribution in [1.82, 2.24) is 15.4 Å². The number of sulfone groups is 1. The van der Waals surface area contributed by atoms with Crippen LogP contribution in [0.3, 0.4) is 0 Å². The molecule has 0 spiro atoms. The molecule has 0 aliphatic carbocycles. The molecule has 1 aliphatic rings. The second-order valence-electron chi connectivity index (χ2n) is 8.58. The lowest BCUT2D eigenvalue weighted by atomic mass is 9.79. The van der Waals surface area contributed by atoms with E-state index in [1.807, 2.05) is 0 Å². The van der Waals surface area contributed by atoms with Gasteiger partial charge in [-0.05, 0) is 56.2 Å². The number of alkyl halides is 3. The summed E-state index contributed by atoms with van der Waals surface area (Å²) >= 11 is 0. The summed E-state index contributed by atoms with van der Waals surface area (Å²) in [5.74, 6) is 0.576. The van der Waals surface area contributed by atoms with Crippen LogP contribution < -0.4 is 10.2 Å². The van der Waals surface area contributed by atoms with Gasteiger partial charge >= 0.3 is 12.1 Å². The number of nitrogens with zero attached hydrogens (tertiary/aromatic N) is 2. The summed E-state index contributed by atoms with van der Waals surface area (Å²) in [5, 5.41) is 0. The van der Waals surface area contributed by atoms with E-state index in [0.717, 1.165) is 0 Å². The molecule has 0 radical (unpaired) electrons. The summed E-state index contributed by atoms with van der Waals surface area (Å²) in [7, 11) is -4.18. The Morgan fingerprint density at radius 1 is 1.13 bits per heavy atom. The number of carbonyl (C=O) groups is 3. The molecule has 2 heterocycles. The molecule has 1 saturated heterocycles. The average molecular weight is 568 g/mol. The van der Waals surface area contributed by atoms with Gasteiger partial charge in [0.2, 0.25) is 0 Å². The zero-order valence-corrected chi connectivity index (χ0v) is 21.5. The van der Waals surface area contributed by atoms with Gasteiger partial charge in [-0.3, -0.25) is 14.6 Å². The van der Waals surface area contributed by atoms with E-state index in [4.69, 9.17) is 4.74 Å². The van der Waals surface area contributed by atoms with E-state index < -0.39 is 45.0 Å². The summed E-state index contributed by atoms with van der Waals surface area (Å²) in [5.41, 5.74) is -0.0637. The molecule has 0 atom stereocenters. The summed E-state index contributed by atoms with van der Waals surface area (Å²) < 4.78 is 69.7. The fourth-order valence-corrected chi connectivity index (χ4v) is 5.75. The third-order valence-electron chi connectivity index (χ3n) is 6.00. The summed E-state index contributed by atoms with van der Waals surface area (Å²) in [6.45, 7) is 1.55. The molecule has 14 heteroatoms. The highest BCUT2D eigenvalue weighted by Gasteiger charge is 2.48. The van der Waals surface area contributed by atoms with Crippen molar-refractivity contribution >= 4 is 27.6 Å². The van der Waals surface area contributed by atoms with Gasteiger partial charge < -0.3 is 14.5 Å². The van der Waals surface area contributed by atoms with Crippen LogP contribution in [0.15, 0.2) is 53.7 Å². The van der Waals surface area contributed by atoms with Gasteiger partial charge in [0.25, 0.3) is 11.8 Å². The number of nitrogens with one attached hydrogen (secondary N) is 1. The Bertz CT molecular complexity index is 1360. The first kappa shape index (κ1) is 29.4. The number of aromatic nitrogens is 1. The maximum absolute atomic E-state index is 13.3. The number of carbonyl (C=O) groups excluding carboxylic acids is 3. The molecular formula is C25H24F3N3O7S. The third-order valence-corrected chi connectivity index (χ3v) is 7.93. The number of piperidine rings is 1. The first-order chi connectivity index (χ1) is 18.4. The zero-order chi connectivity index (χ0) is 28.7. The fourth-order valence-electron chi connectivity index (χ4n) is 3.89. The normalized spacial score (nSPS) is 14.9. The monoisotopic (exact) mass is 567 g/mol. The fraction of sp³-hybridized carbons (Fsp3) is 0.360. The van der Waals surface area contributed by atoms with Gasteiger partial charge in [0.1, 0.15) is 12.4 Å². The van der Waals surface area contributed by atoms with E-state index in [9.17, 15) is 36.0 Å². The van der Waals surface area contributed by atoms with E-state index in [-0.39, 0.29) is 43.0 Å². The summed E-state index contributed by atoms with van der Waals surface area (Å²) in [6.07, 6.45) is -3.01. The summed E-state index contributed by atoms with van der Waals surface area (Å²) in [4.78, 5) is 46.0. The Morgan fingerprint density at radius 2 is 1.79 bits per heavy atom. The molecule has 39 heavy (non-hydrogen) atoms. The van der Waals surface area contributed by atoms with Gasteiger partial charge in [0.15, 0.2) is 9.84 Å². The van der Waals surface area contributed by atoms with Gasteiger partial charge in [-0.25, -0.2) is 13.2 Å². The van der Waals surface area contributed by atoms with Crippen molar-refractivity contribution in [2.75, 3.05) is 25.4 Å². The van der Waals surface area contributed by atoms with Gasteiger partial charge in [0, 0.05) is 25.5 Å². The Balaban J connectivity index is 1.82. The van der Waals surface area contributed by atoms with Crippen LogP contribution >= 0.6 is 0 Å². The van der Waals surface area contributed by atoms with Crippen LogP contribution in [0, 0.1) is 17.3 Å². The molecule has 208 valence electrons. The van der Waals surface area contributed by atoms with Crippen molar-refractivity contribution in [3.05, 3.63) is 54.4 Å². The Morgan fingerprint density at radius 3 is 2.36 bits per heavy atom. The number of likely N-dealkylation sites (tertiary alicyclic amines) is 1. The highest BCUT2D eigenvalue weighted by atomic mass is 32.2. The van der Waals surface area contributed by atoms with Gasteiger partial charge in [-0.2, -0.15) is 18.7 Å². The second-order valence-corrected chi connectivity index (χ2v) is 10.6. The third kappa shape index (κ3) is 7.47. The number of amides is 2. The number of halogens is 3. The molecule has 10 nitrogen and oxygen atoms in total. The molecule has 0 saturated carbocycles. The van der Waals surface area contributed by atoms with Crippen LogP contribution in [0.4, 0.5) is 13.2 Å². The molecule has 3 rings (SSSR count). The van der Waals surface area contributed by atoms with Crippen LogP contribution in [0.2, 0.25) is 0 Å². The zero-order valence-electron chi connectivity index (χ0n) is 20.7. The predicted octanol–water partition coefficient (Wildman–Crippen LogP) is 2.32. The molecule has 2 amide bonds. The predicted molar refractivity (Wildman–Crippen MR) is 130 cm³/mol. The summed E-state index contributed by atoms with van der Waals surface area (Å²) in [6, 6.07) is 8.42. The van der Waals surface area contributed by atoms with E-state index in [2.05, 4.69) is 21.7 Å². The Kier molecular flexibility index (Phi) is 9.18. The number of hydrogen-bond acceptors (Lipinski definition) is 8. The average Bonchev–Trinajstić information content (AvgIpc) is 2.91. The van der Waals surface area contributed by atoms with Crippen molar-refractivity contribution < 1.29 is 45.5 Å². The first-order valence-electron chi connectivity index (χ1n) is 11.5. The van der Waals surface area contributed by atoms with Gasteiger partial charge in [-0.15, -0.1) is 5.92 Å². The first-order valence-corrected chi connectivity index (χ1v) is 13.2. The van der Waals surface area contributed by atoms with Gasteiger partial charge in [0.05, 0.1) is 21.6 Å². The molecule has 1 fully saturated rings. The van der Waals surface area contributed by atoms with Gasteiger partial charge in [-0.1, -0.05) is 5.92 Å². The number of benzene rings is 1. The van der Waals surface area contributed by atoms with Crippen molar-refractivity contribution in [2.45, 2.75) is 30.8 Å². The van der Waals surface area contributed by atoms with E-state index in [0.29, 0.717) is 5.75 Å². The van der Waals surface area contributed by atoms with Crippen molar-refractivity contribution in [2.24, 2.45) is 5.41 Å². The van der Waals surface area contributed by atoms with E-state index >= 15 is 0 Å². The highest BCUT2D eigenvalue weighted by molar-refractivity contribution is 7.91. The van der Waals surface area contributed by atoms with Crippen molar-refractivity contribution in [3.8, 4) is 17.6 Å². The second kappa shape index (κ2) is 12.2. The van der Waals surface area contributed by atoms with Crippen molar-refractivity contribution in [1.29, 1.82) is 0 Å². The topological polar surface area (TPSA) is 132 Å². The number of pyridine rings is 1. The minimum atomic E-state index is -5.38. The lowest BCUT2D eigenvalue weighted by Crippen LogP contribution is -2.53. The largest absolute Gasteiger partial charge is 0.493 e. The number of hydrogen-bond donors (Lipinski definition) is 1.